The van der Waals surface area contributed by atoms with Gasteiger partial charge in [-0.15, -0.1) is 5.10 Å². The van der Waals surface area contributed by atoms with Gasteiger partial charge in [-0.1, -0.05) is 15.9 Å². The van der Waals surface area contributed by atoms with Crippen LogP contribution in [0.2, 0.25) is 0 Å². The van der Waals surface area contributed by atoms with E-state index in [-0.39, 0.29) is 25.0 Å². The lowest BCUT2D eigenvalue weighted by atomic mass is 10.2. The summed E-state index contributed by atoms with van der Waals surface area (Å²) in [6.07, 6.45) is 1.64. The van der Waals surface area contributed by atoms with Gasteiger partial charge >= 0.3 is 5.97 Å². The number of ether oxygens (including phenoxy) is 2. The van der Waals surface area contributed by atoms with Crippen LogP contribution < -0.4 is 16.2 Å². The van der Waals surface area contributed by atoms with Gasteiger partial charge in [-0.25, -0.2) is 0 Å². The Kier molecular flexibility index (Phi) is 7.24. The minimum atomic E-state index is -0.301. The third-order valence-electron chi connectivity index (χ3n) is 2.21. The molecule has 0 atom stereocenters. The fourth-order valence-corrected chi connectivity index (χ4v) is 1.77. The van der Waals surface area contributed by atoms with Crippen LogP contribution in [0.5, 0.6) is 5.75 Å². The maximum absolute atomic E-state index is 11.2. The Hall–Kier alpha value is -2.09. The lowest BCUT2D eigenvalue weighted by Crippen LogP contribution is -2.21. The second-order valence-corrected chi connectivity index (χ2v) is 4.77. The molecule has 114 valence electrons. The third kappa shape index (κ3) is 6.75. The van der Waals surface area contributed by atoms with E-state index in [9.17, 15) is 4.79 Å². The van der Waals surface area contributed by atoms with Crippen molar-refractivity contribution < 1.29 is 14.3 Å². The first-order chi connectivity index (χ1) is 10.0. The van der Waals surface area contributed by atoms with E-state index < -0.39 is 0 Å². The topological polar surface area (TPSA) is 112 Å². The number of carbonyl (C=O) groups excluding carboxylic acids is 1. The Balaban J connectivity index is 2.71. The molecular weight excluding hydrogens is 340 g/mol. The Labute approximate surface area is 131 Å². The molecule has 0 saturated heterocycles. The number of nitrogens with zero attached hydrogens (tertiary/aromatic N) is 2. The van der Waals surface area contributed by atoms with Crippen molar-refractivity contribution in [2.75, 3.05) is 13.2 Å². The van der Waals surface area contributed by atoms with Gasteiger partial charge in [0.2, 0.25) is 5.96 Å². The fourth-order valence-electron chi connectivity index (χ4n) is 1.39. The van der Waals surface area contributed by atoms with Crippen molar-refractivity contribution in [3.63, 3.8) is 0 Å². The van der Waals surface area contributed by atoms with Crippen LogP contribution in [0.3, 0.4) is 0 Å². The number of guanidine groups is 1. The number of hydrogen-bond acceptors (Lipinski definition) is 5. The van der Waals surface area contributed by atoms with Crippen LogP contribution in [0, 0.1) is 0 Å². The Morgan fingerprint density at radius 1 is 1.43 bits per heavy atom. The summed E-state index contributed by atoms with van der Waals surface area (Å²) in [6, 6.07) is 5.37. The predicted octanol–water partition coefficient (Wildman–Crippen LogP) is 1.39. The van der Waals surface area contributed by atoms with Crippen molar-refractivity contribution in [2.45, 2.75) is 13.3 Å². The number of carbonyl (C=O) groups is 1. The molecule has 1 aromatic carbocycles. The zero-order valence-corrected chi connectivity index (χ0v) is 13.2. The Morgan fingerprint density at radius 2 is 2.19 bits per heavy atom. The van der Waals surface area contributed by atoms with Gasteiger partial charge in [0.05, 0.1) is 25.8 Å². The van der Waals surface area contributed by atoms with Crippen LogP contribution in [0.15, 0.2) is 32.9 Å². The second kappa shape index (κ2) is 8.96. The van der Waals surface area contributed by atoms with E-state index in [1.165, 1.54) is 6.21 Å². The van der Waals surface area contributed by atoms with Gasteiger partial charge in [0.25, 0.3) is 0 Å². The molecule has 0 spiro atoms. The van der Waals surface area contributed by atoms with Crippen LogP contribution in [0.4, 0.5) is 0 Å². The van der Waals surface area contributed by atoms with E-state index in [1.54, 1.807) is 19.1 Å². The summed E-state index contributed by atoms with van der Waals surface area (Å²) < 4.78 is 11.2. The van der Waals surface area contributed by atoms with Crippen LogP contribution in [-0.2, 0) is 9.53 Å². The predicted molar refractivity (Wildman–Crippen MR) is 84.3 cm³/mol. The summed E-state index contributed by atoms with van der Waals surface area (Å²) in [7, 11) is 0. The number of rotatable bonds is 7. The minimum absolute atomic E-state index is 0.133. The van der Waals surface area contributed by atoms with Crippen LogP contribution in [-0.4, -0.2) is 31.4 Å². The molecule has 0 bridgehead atoms. The molecule has 0 aliphatic rings. The second-order valence-electron chi connectivity index (χ2n) is 3.86. The standard InChI is InChI=1S/C13H17BrN4O3/c1-2-20-12(19)5-6-21-11-4-3-10(14)7-9(11)8-17-18-13(15)16/h3-4,7-8H,2,5-6H2,1H3,(H4,15,16,18). The van der Waals surface area contributed by atoms with Gasteiger partial charge in [-0.3, -0.25) is 4.79 Å². The van der Waals surface area contributed by atoms with Crippen molar-refractivity contribution in [2.24, 2.45) is 21.7 Å². The molecule has 0 heterocycles. The average Bonchev–Trinajstić information content (AvgIpc) is 2.41. The molecular formula is C13H17BrN4O3. The molecule has 0 aromatic heterocycles. The first-order valence-corrected chi connectivity index (χ1v) is 7.02. The third-order valence-corrected chi connectivity index (χ3v) is 2.70. The molecule has 4 N–H and O–H groups in total. The highest BCUT2D eigenvalue weighted by atomic mass is 79.9. The van der Waals surface area contributed by atoms with Crippen LogP contribution >= 0.6 is 15.9 Å². The van der Waals surface area contributed by atoms with E-state index in [2.05, 4.69) is 26.1 Å². The molecule has 1 rings (SSSR count). The maximum Gasteiger partial charge on any atom is 0.309 e. The van der Waals surface area contributed by atoms with Gasteiger partial charge < -0.3 is 20.9 Å². The van der Waals surface area contributed by atoms with Crippen LogP contribution in [0.25, 0.3) is 0 Å². The highest BCUT2D eigenvalue weighted by Gasteiger charge is 2.06. The molecule has 8 heteroatoms. The summed E-state index contributed by atoms with van der Waals surface area (Å²) in [6.45, 7) is 2.32. The molecule has 21 heavy (non-hydrogen) atoms. The maximum atomic E-state index is 11.2. The molecule has 0 fully saturated rings. The van der Waals surface area contributed by atoms with E-state index in [4.69, 9.17) is 20.9 Å². The lowest BCUT2D eigenvalue weighted by molar-refractivity contribution is -0.143. The number of halogens is 1. The summed E-state index contributed by atoms with van der Waals surface area (Å²) in [5, 5.41) is 7.26. The first-order valence-electron chi connectivity index (χ1n) is 6.23. The van der Waals surface area contributed by atoms with Crippen molar-refractivity contribution >= 4 is 34.1 Å². The van der Waals surface area contributed by atoms with Crippen LogP contribution in [0.1, 0.15) is 18.9 Å². The van der Waals surface area contributed by atoms with Gasteiger partial charge in [0.15, 0.2) is 0 Å². The van der Waals surface area contributed by atoms with E-state index in [0.717, 1.165) is 4.47 Å². The Bertz CT molecular complexity index is 542. The zero-order chi connectivity index (χ0) is 15.7. The molecule has 0 aliphatic heterocycles. The fraction of sp³-hybridized carbons (Fsp3) is 0.308. The summed E-state index contributed by atoms with van der Waals surface area (Å²) >= 11 is 3.35. The van der Waals surface area contributed by atoms with Crippen molar-refractivity contribution in [3.05, 3.63) is 28.2 Å². The molecule has 0 unspecified atom stereocenters. The van der Waals surface area contributed by atoms with E-state index >= 15 is 0 Å². The largest absolute Gasteiger partial charge is 0.492 e. The molecule has 7 nitrogen and oxygen atoms in total. The SMILES string of the molecule is CCOC(=O)CCOc1ccc(Br)cc1C=NN=C(N)N. The minimum Gasteiger partial charge on any atom is -0.492 e. The smallest absolute Gasteiger partial charge is 0.309 e. The molecule has 0 radical (unpaired) electrons. The summed E-state index contributed by atoms with van der Waals surface area (Å²) in [5.74, 6) is 0.133. The average molecular weight is 357 g/mol. The highest BCUT2D eigenvalue weighted by molar-refractivity contribution is 9.10. The van der Waals surface area contributed by atoms with Gasteiger partial charge in [-0.05, 0) is 25.1 Å². The molecule has 1 aromatic rings. The number of benzene rings is 1. The summed E-state index contributed by atoms with van der Waals surface area (Å²) in [4.78, 5) is 11.2. The molecule has 0 aliphatic carbocycles. The Morgan fingerprint density at radius 3 is 2.86 bits per heavy atom. The lowest BCUT2D eigenvalue weighted by Gasteiger charge is -2.09. The van der Waals surface area contributed by atoms with Gasteiger partial charge in [-0.2, -0.15) is 5.10 Å². The number of hydrogen-bond donors (Lipinski definition) is 2. The quantitative estimate of drug-likeness (QED) is 0.331. The van der Waals surface area contributed by atoms with Crippen molar-refractivity contribution in [3.8, 4) is 5.75 Å². The van der Waals surface area contributed by atoms with E-state index in [0.29, 0.717) is 17.9 Å². The van der Waals surface area contributed by atoms with E-state index in [1.807, 2.05) is 6.07 Å². The van der Waals surface area contributed by atoms with Crippen molar-refractivity contribution in [1.29, 1.82) is 0 Å². The molecule has 0 amide bonds. The number of nitrogens with two attached hydrogens (primary N) is 2. The van der Waals surface area contributed by atoms with Crippen molar-refractivity contribution in [1.82, 2.24) is 0 Å². The number of esters is 1. The van der Waals surface area contributed by atoms with Gasteiger partial charge in [0, 0.05) is 10.0 Å². The summed E-state index contributed by atoms with van der Waals surface area (Å²) in [5.41, 5.74) is 11.1. The normalized spacial score (nSPS) is 10.4. The monoisotopic (exact) mass is 356 g/mol. The highest BCUT2D eigenvalue weighted by Crippen LogP contribution is 2.22. The molecule has 0 saturated carbocycles. The van der Waals surface area contributed by atoms with Gasteiger partial charge in [0.1, 0.15) is 5.75 Å². The zero-order valence-electron chi connectivity index (χ0n) is 11.6. The first kappa shape index (κ1) is 17.0.